The van der Waals surface area contributed by atoms with Gasteiger partial charge in [0.15, 0.2) is 0 Å². The molecule has 1 fully saturated rings. The van der Waals surface area contributed by atoms with E-state index in [1.807, 2.05) is 6.07 Å². The highest BCUT2D eigenvalue weighted by Gasteiger charge is 2.35. The lowest BCUT2D eigenvalue weighted by Crippen LogP contribution is -2.54. The Morgan fingerprint density at radius 3 is 3.15 bits per heavy atom. The largest absolute Gasteiger partial charge is 0.394 e. The van der Waals surface area contributed by atoms with E-state index in [0.717, 1.165) is 25.0 Å². The predicted molar refractivity (Wildman–Crippen MR) is 86.1 cm³/mol. The Balaban J connectivity index is 1.77. The number of thiophene rings is 1. The van der Waals surface area contributed by atoms with Crippen LogP contribution in [0.3, 0.4) is 0 Å². The van der Waals surface area contributed by atoms with Crippen LogP contribution < -0.4 is 5.32 Å². The van der Waals surface area contributed by atoms with Gasteiger partial charge in [0.05, 0.1) is 17.9 Å². The summed E-state index contributed by atoms with van der Waals surface area (Å²) in [5.74, 6) is 1.98. The van der Waals surface area contributed by atoms with Crippen molar-refractivity contribution < 1.29 is 9.90 Å². The maximum Gasteiger partial charge on any atom is 0.230 e. The summed E-state index contributed by atoms with van der Waals surface area (Å²) < 4.78 is 0. The Morgan fingerprint density at radius 2 is 2.50 bits per heavy atom. The molecule has 20 heavy (non-hydrogen) atoms. The van der Waals surface area contributed by atoms with Crippen molar-refractivity contribution in [3.63, 3.8) is 0 Å². The van der Waals surface area contributed by atoms with Crippen molar-refractivity contribution in [2.45, 2.75) is 43.9 Å². The average molecular weight is 313 g/mol. The average Bonchev–Trinajstić information content (AvgIpc) is 2.92. The summed E-state index contributed by atoms with van der Waals surface area (Å²) in [7, 11) is 0. The quantitative estimate of drug-likeness (QED) is 0.848. The van der Waals surface area contributed by atoms with Crippen LogP contribution in [0.4, 0.5) is 0 Å². The number of aliphatic hydroxyl groups is 1. The van der Waals surface area contributed by atoms with Crippen LogP contribution in [0.25, 0.3) is 0 Å². The normalized spacial score (nSPS) is 26.4. The second-order valence-electron chi connectivity index (χ2n) is 5.76. The van der Waals surface area contributed by atoms with Gasteiger partial charge < -0.3 is 10.4 Å². The van der Waals surface area contributed by atoms with Gasteiger partial charge in [-0.3, -0.25) is 4.79 Å². The van der Waals surface area contributed by atoms with Crippen molar-refractivity contribution in [2.24, 2.45) is 5.92 Å². The van der Waals surface area contributed by atoms with Gasteiger partial charge in [0.25, 0.3) is 0 Å². The molecule has 1 aromatic rings. The van der Waals surface area contributed by atoms with Crippen LogP contribution in [-0.2, 0) is 10.5 Å². The third-order valence-corrected chi connectivity index (χ3v) is 5.90. The first kappa shape index (κ1) is 15.9. The maximum atomic E-state index is 12.1. The molecule has 1 aromatic heterocycles. The van der Waals surface area contributed by atoms with Crippen molar-refractivity contribution >= 4 is 29.0 Å². The first-order valence-corrected chi connectivity index (χ1v) is 9.19. The smallest absolute Gasteiger partial charge is 0.230 e. The first-order chi connectivity index (χ1) is 9.63. The van der Waals surface area contributed by atoms with Gasteiger partial charge in [0.2, 0.25) is 5.91 Å². The summed E-state index contributed by atoms with van der Waals surface area (Å²) in [5, 5.41) is 14.8. The van der Waals surface area contributed by atoms with Gasteiger partial charge in [0, 0.05) is 10.6 Å². The number of carbonyl (C=O) groups is 1. The predicted octanol–water partition coefficient (Wildman–Crippen LogP) is 3.04. The molecule has 0 bridgehead atoms. The number of rotatable bonds is 6. The molecule has 1 heterocycles. The molecule has 3 nitrogen and oxygen atoms in total. The zero-order valence-electron chi connectivity index (χ0n) is 11.9. The minimum absolute atomic E-state index is 0.0507. The standard InChI is InChI=1S/C15H23NO2S2/c1-12-4-2-6-15(8-12,11-17)16-14(18)10-19-9-13-5-3-7-20-13/h3,5,7,12,17H,2,4,6,8-11H2,1H3,(H,16,18). The minimum atomic E-state index is -0.377. The van der Waals surface area contributed by atoms with Crippen LogP contribution in [0.15, 0.2) is 17.5 Å². The highest BCUT2D eigenvalue weighted by Crippen LogP contribution is 2.32. The SMILES string of the molecule is CC1CCCC(CO)(NC(=O)CSCc2cccs2)C1. The fourth-order valence-corrected chi connectivity index (χ4v) is 4.60. The lowest BCUT2D eigenvalue weighted by Gasteiger charge is -2.39. The van der Waals surface area contributed by atoms with E-state index in [1.165, 1.54) is 11.3 Å². The van der Waals surface area contributed by atoms with E-state index in [9.17, 15) is 9.90 Å². The molecule has 2 unspecified atom stereocenters. The molecule has 0 radical (unpaired) electrons. The van der Waals surface area contributed by atoms with E-state index in [2.05, 4.69) is 23.7 Å². The molecule has 1 aliphatic carbocycles. The molecular formula is C15H23NO2S2. The van der Waals surface area contributed by atoms with E-state index in [0.29, 0.717) is 11.7 Å². The minimum Gasteiger partial charge on any atom is -0.394 e. The van der Waals surface area contributed by atoms with Crippen LogP contribution in [0.2, 0.25) is 0 Å². The molecule has 1 amide bonds. The summed E-state index contributed by atoms with van der Waals surface area (Å²) in [4.78, 5) is 13.4. The van der Waals surface area contributed by atoms with Gasteiger partial charge >= 0.3 is 0 Å². The fourth-order valence-electron chi connectivity index (χ4n) is 2.93. The first-order valence-electron chi connectivity index (χ1n) is 7.15. The summed E-state index contributed by atoms with van der Waals surface area (Å²) in [6.07, 6.45) is 4.08. The van der Waals surface area contributed by atoms with Gasteiger partial charge in [-0.2, -0.15) is 0 Å². The summed E-state index contributed by atoms with van der Waals surface area (Å²) in [6, 6.07) is 4.12. The third kappa shape index (κ3) is 4.50. The molecule has 0 spiro atoms. The number of carbonyl (C=O) groups excluding carboxylic acids is 1. The van der Waals surface area contributed by atoms with Gasteiger partial charge in [-0.05, 0) is 30.2 Å². The molecule has 2 N–H and O–H groups in total. The van der Waals surface area contributed by atoms with Gasteiger partial charge in [-0.1, -0.05) is 25.8 Å². The van der Waals surface area contributed by atoms with Crippen LogP contribution in [0.5, 0.6) is 0 Å². The lowest BCUT2D eigenvalue weighted by atomic mass is 9.77. The molecule has 0 saturated heterocycles. The summed E-state index contributed by atoms with van der Waals surface area (Å²) in [6.45, 7) is 2.25. The Kier molecular flexibility index (Phi) is 5.93. The number of nitrogens with one attached hydrogen (secondary N) is 1. The molecule has 0 aromatic carbocycles. The van der Waals surface area contributed by atoms with E-state index in [-0.39, 0.29) is 18.1 Å². The van der Waals surface area contributed by atoms with Crippen LogP contribution >= 0.6 is 23.1 Å². The number of hydrogen-bond acceptors (Lipinski definition) is 4. The number of thioether (sulfide) groups is 1. The molecule has 0 aliphatic heterocycles. The molecule has 2 rings (SSSR count). The number of aliphatic hydroxyl groups excluding tert-OH is 1. The third-order valence-electron chi connectivity index (χ3n) is 3.86. The van der Waals surface area contributed by atoms with Crippen molar-refractivity contribution in [2.75, 3.05) is 12.4 Å². The van der Waals surface area contributed by atoms with E-state index < -0.39 is 0 Å². The van der Waals surface area contributed by atoms with Crippen LogP contribution in [-0.4, -0.2) is 28.9 Å². The zero-order chi connectivity index (χ0) is 14.4. The monoisotopic (exact) mass is 313 g/mol. The molecule has 1 saturated carbocycles. The Labute approximate surface area is 129 Å². The molecule has 2 atom stereocenters. The Bertz CT molecular complexity index is 422. The van der Waals surface area contributed by atoms with Gasteiger partial charge in [0.1, 0.15) is 0 Å². The molecular weight excluding hydrogens is 290 g/mol. The highest BCUT2D eigenvalue weighted by atomic mass is 32.2. The second kappa shape index (κ2) is 7.48. The second-order valence-corrected chi connectivity index (χ2v) is 7.78. The summed E-state index contributed by atoms with van der Waals surface area (Å²) in [5.41, 5.74) is -0.377. The lowest BCUT2D eigenvalue weighted by molar-refractivity contribution is -0.121. The Morgan fingerprint density at radius 1 is 1.65 bits per heavy atom. The number of amides is 1. The van der Waals surface area contributed by atoms with Crippen molar-refractivity contribution in [3.8, 4) is 0 Å². The number of hydrogen-bond donors (Lipinski definition) is 2. The van der Waals surface area contributed by atoms with E-state index in [4.69, 9.17) is 0 Å². The van der Waals surface area contributed by atoms with Crippen LogP contribution in [0, 0.1) is 5.92 Å². The Hall–Kier alpha value is -0.520. The topological polar surface area (TPSA) is 49.3 Å². The van der Waals surface area contributed by atoms with Crippen LogP contribution in [0.1, 0.15) is 37.5 Å². The zero-order valence-corrected chi connectivity index (χ0v) is 13.6. The summed E-state index contributed by atoms with van der Waals surface area (Å²) >= 11 is 3.36. The van der Waals surface area contributed by atoms with Gasteiger partial charge in [-0.25, -0.2) is 0 Å². The molecule has 112 valence electrons. The van der Waals surface area contributed by atoms with Crippen molar-refractivity contribution in [3.05, 3.63) is 22.4 Å². The van der Waals surface area contributed by atoms with Gasteiger partial charge in [-0.15, -0.1) is 23.1 Å². The molecule has 5 heteroatoms. The van der Waals surface area contributed by atoms with Crippen molar-refractivity contribution in [1.29, 1.82) is 0 Å². The highest BCUT2D eigenvalue weighted by molar-refractivity contribution is 7.99. The van der Waals surface area contributed by atoms with Crippen molar-refractivity contribution in [1.82, 2.24) is 5.32 Å². The van der Waals surface area contributed by atoms with E-state index in [1.54, 1.807) is 23.1 Å². The maximum absolute atomic E-state index is 12.1. The van der Waals surface area contributed by atoms with E-state index >= 15 is 0 Å². The molecule has 1 aliphatic rings. The fraction of sp³-hybridized carbons (Fsp3) is 0.667.